The van der Waals surface area contributed by atoms with E-state index in [4.69, 9.17) is 14.2 Å². The molecule has 0 aliphatic heterocycles. The van der Waals surface area contributed by atoms with Crippen LogP contribution in [0.15, 0.2) is 72.9 Å². The Morgan fingerprint density at radius 2 is 0.678 bits per heavy atom. The van der Waals surface area contributed by atoms with E-state index in [2.05, 4.69) is 93.7 Å². The van der Waals surface area contributed by atoms with Crippen LogP contribution in [0, 0.1) is 0 Å². The molecule has 0 N–H and O–H groups in total. The Balaban J connectivity index is 4.46. The van der Waals surface area contributed by atoms with Gasteiger partial charge in [-0.15, -0.1) is 0 Å². The third-order valence-corrected chi connectivity index (χ3v) is 10.2. The van der Waals surface area contributed by atoms with E-state index in [0.717, 1.165) is 116 Å². The Labute approximate surface area is 363 Å². The van der Waals surface area contributed by atoms with Crippen molar-refractivity contribution < 1.29 is 28.6 Å². The molecule has 0 fully saturated rings. The van der Waals surface area contributed by atoms with Crippen molar-refractivity contribution in [3.63, 3.8) is 0 Å². The first-order chi connectivity index (χ1) is 29.0. The summed E-state index contributed by atoms with van der Waals surface area (Å²) >= 11 is 0. The van der Waals surface area contributed by atoms with Crippen molar-refractivity contribution in [1.29, 1.82) is 0 Å². The predicted molar refractivity (Wildman–Crippen MR) is 251 cm³/mol. The van der Waals surface area contributed by atoms with Crippen LogP contribution in [-0.4, -0.2) is 37.2 Å². The van der Waals surface area contributed by atoms with Crippen molar-refractivity contribution in [2.45, 2.75) is 232 Å². The molecular weight excluding hydrogens is 733 g/mol. The Bertz CT molecular complexity index is 1130. The van der Waals surface area contributed by atoms with E-state index in [1.165, 1.54) is 70.6 Å². The van der Waals surface area contributed by atoms with Gasteiger partial charge in [-0.1, -0.05) is 177 Å². The molecule has 1 unspecified atom stereocenters. The number of hydrogen-bond donors (Lipinski definition) is 0. The number of carbonyl (C=O) groups is 3. The number of rotatable bonds is 43. The average molecular weight is 823 g/mol. The van der Waals surface area contributed by atoms with Gasteiger partial charge in [0, 0.05) is 19.3 Å². The van der Waals surface area contributed by atoms with Gasteiger partial charge in [0.25, 0.3) is 0 Å². The van der Waals surface area contributed by atoms with Crippen molar-refractivity contribution in [1.82, 2.24) is 0 Å². The predicted octanol–water partition coefficient (Wildman–Crippen LogP) is 15.9. The first kappa shape index (κ1) is 55.9. The fourth-order valence-electron chi connectivity index (χ4n) is 6.47. The van der Waals surface area contributed by atoms with E-state index < -0.39 is 6.10 Å². The Hall–Kier alpha value is -3.15. The topological polar surface area (TPSA) is 78.9 Å². The van der Waals surface area contributed by atoms with Crippen molar-refractivity contribution in [3.05, 3.63) is 72.9 Å². The minimum Gasteiger partial charge on any atom is -0.462 e. The van der Waals surface area contributed by atoms with Gasteiger partial charge in [0.05, 0.1) is 0 Å². The van der Waals surface area contributed by atoms with Crippen LogP contribution in [0.5, 0.6) is 0 Å². The van der Waals surface area contributed by atoms with Crippen LogP contribution in [0.2, 0.25) is 0 Å². The normalized spacial score (nSPS) is 12.7. The minimum atomic E-state index is -0.798. The third kappa shape index (κ3) is 45.8. The van der Waals surface area contributed by atoms with Crippen molar-refractivity contribution in [2.24, 2.45) is 0 Å². The molecule has 0 saturated heterocycles. The van der Waals surface area contributed by atoms with Crippen LogP contribution in [-0.2, 0) is 28.6 Å². The van der Waals surface area contributed by atoms with Gasteiger partial charge in [-0.25, -0.2) is 0 Å². The van der Waals surface area contributed by atoms with Gasteiger partial charge in [-0.3, -0.25) is 14.4 Å². The molecule has 0 aliphatic rings. The smallest absolute Gasteiger partial charge is 0.306 e. The lowest BCUT2D eigenvalue weighted by Crippen LogP contribution is -2.30. The van der Waals surface area contributed by atoms with Crippen LogP contribution in [0.4, 0.5) is 0 Å². The maximum Gasteiger partial charge on any atom is 0.306 e. The molecule has 59 heavy (non-hydrogen) atoms. The highest BCUT2D eigenvalue weighted by atomic mass is 16.6. The zero-order valence-electron chi connectivity index (χ0n) is 38.5. The van der Waals surface area contributed by atoms with E-state index in [9.17, 15) is 14.4 Å². The second-order valence-corrected chi connectivity index (χ2v) is 16.0. The number of carbonyl (C=O) groups excluding carboxylic acids is 3. The summed E-state index contributed by atoms with van der Waals surface area (Å²) in [5, 5.41) is 0. The van der Waals surface area contributed by atoms with Crippen LogP contribution < -0.4 is 0 Å². The molecule has 0 bridgehead atoms. The Kier molecular flexibility index (Phi) is 45.0. The van der Waals surface area contributed by atoms with Gasteiger partial charge in [-0.2, -0.15) is 0 Å². The number of esters is 3. The standard InChI is InChI=1S/C53H90O6/c1-4-7-10-13-16-19-22-24-26-27-29-31-34-37-40-43-46-52(55)58-49-50(48-57-51(54)45-42-39-36-33-30-21-18-15-12-9-6-3)59-53(56)47-44-41-38-35-32-28-25-23-20-17-14-11-8-5-2/h7,10,15-16,18-19,24,26,28-29,31-32,50H,4-6,8-9,11-14,17,20-23,25,27,30,33-49H2,1-3H3/b10-7-,18-15-,19-16-,26-24-,31-29-,32-28-. The number of ether oxygens (including phenoxy) is 3. The van der Waals surface area contributed by atoms with E-state index in [0.29, 0.717) is 19.3 Å². The van der Waals surface area contributed by atoms with Crippen LogP contribution in [0.3, 0.4) is 0 Å². The molecule has 338 valence electrons. The summed E-state index contributed by atoms with van der Waals surface area (Å²) in [5.74, 6) is -0.956. The van der Waals surface area contributed by atoms with Gasteiger partial charge in [0.1, 0.15) is 13.2 Å². The van der Waals surface area contributed by atoms with Crippen LogP contribution in [0.1, 0.15) is 226 Å². The molecule has 0 saturated carbocycles. The van der Waals surface area contributed by atoms with E-state index >= 15 is 0 Å². The molecule has 0 radical (unpaired) electrons. The van der Waals surface area contributed by atoms with Gasteiger partial charge in [-0.05, 0) is 103 Å². The van der Waals surface area contributed by atoms with Gasteiger partial charge in [0.15, 0.2) is 6.10 Å². The van der Waals surface area contributed by atoms with Crippen molar-refractivity contribution in [3.8, 4) is 0 Å². The zero-order chi connectivity index (χ0) is 43.0. The minimum absolute atomic E-state index is 0.0966. The lowest BCUT2D eigenvalue weighted by atomic mass is 10.1. The Morgan fingerprint density at radius 3 is 1.12 bits per heavy atom. The zero-order valence-corrected chi connectivity index (χ0v) is 38.5. The summed E-state index contributed by atoms with van der Waals surface area (Å²) < 4.78 is 16.7. The second kappa shape index (κ2) is 47.5. The number of hydrogen-bond acceptors (Lipinski definition) is 6. The van der Waals surface area contributed by atoms with Crippen LogP contribution in [0.25, 0.3) is 0 Å². The van der Waals surface area contributed by atoms with Crippen molar-refractivity contribution in [2.75, 3.05) is 13.2 Å². The first-order valence-electron chi connectivity index (χ1n) is 24.4. The van der Waals surface area contributed by atoms with Gasteiger partial charge < -0.3 is 14.2 Å². The summed E-state index contributed by atoms with van der Waals surface area (Å²) in [7, 11) is 0. The fraction of sp³-hybridized carbons (Fsp3) is 0.717. The highest BCUT2D eigenvalue weighted by molar-refractivity contribution is 5.71. The average Bonchev–Trinajstić information content (AvgIpc) is 3.23. The van der Waals surface area contributed by atoms with Gasteiger partial charge >= 0.3 is 17.9 Å². The maximum absolute atomic E-state index is 12.7. The lowest BCUT2D eigenvalue weighted by Gasteiger charge is -2.18. The number of allylic oxidation sites excluding steroid dienone is 12. The monoisotopic (exact) mass is 823 g/mol. The summed E-state index contributed by atoms with van der Waals surface area (Å²) in [6, 6.07) is 0. The summed E-state index contributed by atoms with van der Waals surface area (Å²) in [5.41, 5.74) is 0. The quantitative estimate of drug-likeness (QED) is 0.0264. The molecule has 6 heteroatoms. The molecule has 0 heterocycles. The largest absolute Gasteiger partial charge is 0.462 e. The summed E-state index contributed by atoms with van der Waals surface area (Å²) in [4.78, 5) is 37.8. The second-order valence-electron chi connectivity index (χ2n) is 16.0. The molecule has 0 aromatic carbocycles. The van der Waals surface area contributed by atoms with Gasteiger partial charge in [0.2, 0.25) is 0 Å². The first-order valence-corrected chi connectivity index (χ1v) is 24.4. The van der Waals surface area contributed by atoms with Crippen LogP contribution >= 0.6 is 0 Å². The molecule has 0 aromatic heterocycles. The summed E-state index contributed by atoms with van der Waals surface area (Å²) in [6.45, 7) is 6.42. The molecule has 0 spiro atoms. The highest BCUT2D eigenvalue weighted by Gasteiger charge is 2.19. The molecule has 0 rings (SSSR count). The molecule has 0 amide bonds. The lowest BCUT2D eigenvalue weighted by molar-refractivity contribution is -0.167. The summed E-state index contributed by atoms with van der Waals surface area (Å²) in [6.07, 6.45) is 58.8. The van der Waals surface area contributed by atoms with E-state index in [-0.39, 0.29) is 31.1 Å². The fourth-order valence-corrected chi connectivity index (χ4v) is 6.47. The molecular formula is C53H90O6. The maximum atomic E-state index is 12.7. The highest BCUT2D eigenvalue weighted by Crippen LogP contribution is 2.13. The van der Waals surface area contributed by atoms with Crippen molar-refractivity contribution >= 4 is 17.9 Å². The molecule has 6 nitrogen and oxygen atoms in total. The third-order valence-electron chi connectivity index (χ3n) is 10.2. The SMILES string of the molecule is CC/C=C\C/C=C\C/C=C\C/C=C\CCCCCC(=O)OCC(COC(=O)CCCCCCC/C=C\CCCC)OC(=O)CCCCC/C=C\CCCCCCCCC. The molecule has 0 aliphatic carbocycles. The number of unbranched alkanes of at least 4 members (excludes halogenated alkanes) is 20. The molecule has 1 atom stereocenters. The molecule has 0 aromatic rings. The van der Waals surface area contributed by atoms with E-state index in [1.54, 1.807) is 0 Å². The Morgan fingerprint density at radius 1 is 0.356 bits per heavy atom. The van der Waals surface area contributed by atoms with E-state index in [1.807, 2.05) is 0 Å².